The van der Waals surface area contributed by atoms with E-state index >= 15 is 0 Å². The third-order valence-corrected chi connectivity index (χ3v) is 16.0. The van der Waals surface area contributed by atoms with Gasteiger partial charge in [0.2, 0.25) is 0 Å². The van der Waals surface area contributed by atoms with Gasteiger partial charge in [0, 0.05) is 96.5 Å². The van der Waals surface area contributed by atoms with E-state index < -0.39 is 20.9 Å². The number of nitro groups is 1. The molecule has 3 aliphatic heterocycles. The first kappa shape index (κ1) is 45.2. The number of ether oxygens (including phenoxy) is 2. The SMILES string of the molecule is CC1(C)CCC(CN2CCN(c3ccc(C(=O)NS(=O)(=O)c4cc5c(c([N+](=O)[O-])c4)C[C@H](CCN4CCOCC4)CS5)c(Oc4cnc5[nH]ccc5c4)c3)CC2)=C(c2ccc(Cl)cc2)C1. The number of sulfonamides is 1. The molecule has 9 rings (SSSR count). The Bertz CT molecular complexity index is 2730. The van der Waals surface area contributed by atoms with Crippen LogP contribution in [0, 0.1) is 21.4 Å². The summed E-state index contributed by atoms with van der Waals surface area (Å²) in [6.07, 6.45) is 7.86. The van der Waals surface area contributed by atoms with E-state index in [0.29, 0.717) is 47.2 Å². The number of morpholine rings is 1. The maximum Gasteiger partial charge on any atom is 0.275 e. The zero-order valence-corrected chi connectivity index (χ0v) is 39.1. The number of nitrogens with zero attached hydrogens (tertiary/aromatic N) is 5. The number of anilines is 1. The number of hydrogen-bond donors (Lipinski definition) is 2. The van der Waals surface area contributed by atoms with Crippen LogP contribution in [0.4, 0.5) is 11.4 Å². The minimum absolute atomic E-state index is 0.0167. The van der Waals surface area contributed by atoms with Crippen molar-refractivity contribution in [2.45, 2.75) is 55.7 Å². The lowest BCUT2D eigenvalue weighted by atomic mass is 9.72. The van der Waals surface area contributed by atoms with Crippen molar-refractivity contribution in [2.75, 3.05) is 76.2 Å². The number of hydrogen-bond acceptors (Lipinski definition) is 12. The van der Waals surface area contributed by atoms with Gasteiger partial charge in [-0.3, -0.25) is 24.7 Å². The van der Waals surface area contributed by atoms with E-state index in [1.807, 2.05) is 18.2 Å². The van der Waals surface area contributed by atoms with Crippen molar-refractivity contribution in [1.29, 1.82) is 0 Å². The van der Waals surface area contributed by atoms with Crippen molar-refractivity contribution in [3.63, 3.8) is 0 Å². The van der Waals surface area contributed by atoms with E-state index in [1.165, 1.54) is 34.5 Å². The second kappa shape index (κ2) is 19.1. The van der Waals surface area contributed by atoms with Crippen LogP contribution in [0.25, 0.3) is 16.6 Å². The molecular formula is C48H54ClN7O7S2. The minimum Gasteiger partial charge on any atom is -0.455 e. The molecule has 2 N–H and O–H groups in total. The molecule has 65 heavy (non-hydrogen) atoms. The van der Waals surface area contributed by atoms with Crippen LogP contribution in [-0.2, 0) is 21.2 Å². The summed E-state index contributed by atoms with van der Waals surface area (Å²) in [6, 6.07) is 19.5. The number of carbonyl (C=O) groups excluding carboxylic acids is 1. The van der Waals surface area contributed by atoms with Crippen LogP contribution in [0.3, 0.4) is 0 Å². The number of H-pyrrole nitrogens is 1. The molecule has 2 fully saturated rings. The van der Waals surface area contributed by atoms with Gasteiger partial charge in [-0.1, -0.05) is 43.2 Å². The Balaban J connectivity index is 0.928. The summed E-state index contributed by atoms with van der Waals surface area (Å²) in [7, 11) is -4.56. The number of allylic oxidation sites excluding steroid dienone is 1. The number of aromatic amines is 1. The second-order valence-corrected chi connectivity index (χ2v) is 21.5. The number of thioether (sulfide) groups is 1. The molecule has 0 radical (unpaired) electrons. The smallest absolute Gasteiger partial charge is 0.275 e. The van der Waals surface area contributed by atoms with Crippen molar-refractivity contribution >= 4 is 67.3 Å². The van der Waals surface area contributed by atoms with Crippen LogP contribution in [0.2, 0.25) is 5.02 Å². The van der Waals surface area contributed by atoms with Gasteiger partial charge in [-0.15, -0.1) is 11.8 Å². The molecule has 4 aliphatic rings. The number of piperazine rings is 1. The monoisotopic (exact) mass is 939 g/mol. The highest BCUT2D eigenvalue weighted by Gasteiger charge is 2.33. The number of carbonyl (C=O) groups is 1. The number of benzene rings is 3. The van der Waals surface area contributed by atoms with E-state index in [4.69, 9.17) is 21.1 Å². The van der Waals surface area contributed by atoms with Gasteiger partial charge in [0.15, 0.2) is 0 Å². The lowest BCUT2D eigenvalue weighted by Crippen LogP contribution is -2.47. The van der Waals surface area contributed by atoms with Gasteiger partial charge < -0.3 is 19.4 Å². The van der Waals surface area contributed by atoms with E-state index in [9.17, 15) is 23.3 Å². The van der Waals surface area contributed by atoms with Crippen LogP contribution in [0.15, 0.2) is 94.5 Å². The van der Waals surface area contributed by atoms with Gasteiger partial charge in [-0.05, 0) is 104 Å². The van der Waals surface area contributed by atoms with Crippen molar-refractivity contribution in [1.82, 2.24) is 24.5 Å². The first-order valence-corrected chi connectivity index (χ1v) is 25.1. The third-order valence-electron chi connectivity index (χ3n) is 13.2. The standard InChI is InChI=1S/C48H54ClN7O7S2/c1-48(2)12-9-35(42(28-48)33-3-5-36(49)6-4-33)30-54-15-17-55(18-16-54)37-7-8-40(44(25-37)63-38-24-34-10-13-50-46(34)51-29-38)47(57)52-65(60,61)39-26-43(56(58)59)41-23-32(31-64-45(41)27-39)11-14-53-19-21-62-22-20-53/h3-8,10,13,24-27,29,32H,9,11-12,14-23,28,30-31H2,1-2H3,(H,50,51)(H,52,57)/t32-/m0/s1. The molecule has 2 saturated heterocycles. The number of amides is 1. The van der Waals surface area contributed by atoms with Gasteiger partial charge >= 0.3 is 0 Å². The fourth-order valence-electron chi connectivity index (χ4n) is 9.40. The predicted octanol–water partition coefficient (Wildman–Crippen LogP) is 8.81. The molecule has 5 heterocycles. The third kappa shape index (κ3) is 10.5. The quantitative estimate of drug-likeness (QED) is 0.0854. The lowest BCUT2D eigenvalue weighted by molar-refractivity contribution is -0.386. The molecule has 14 nitrogen and oxygen atoms in total. The molecule has 0 unspecified atom stereocenters. The number of fused-ring (bicyclic) bond motifs is 2. The highest BCUT2D eigenvalue weighted by Crippen LogP contribution is 2.44. The number of nitro benzene ring substituents is 1. The highest BCUT2D eigenvalue weighted by atomic mass is 35.5. The Morgan fingerprint density at radius 1 is 1.03 bits per heavy atom. The largest absolute Gasteiger partial charge is 0.455 e. The van der Waals surface area contributed by atoms with Gasteiger partial charge in [0.25, 0.3) is 21.6 Å². The molecule has 3 aromatic carbocycles. The molecule has 0 saturated carbocycles. The molecule has 5 aromatic rings. The zero-order valence-electron chi connectivity index (χ0n) is 36.7. The molecule has 1 atom stereocenters. The van der Waals surface area contributed by atoms with Crippen molar-refractivity contribution in [3.05, 3.63) is 117 Å². The van der Waals surface area contributed by atoms with E-state index in [0.717, 1.165) is 100 Å². The molecule has 17 heteroatoms. The molecule has 0 spiro atoms. The molecule has 342 valence electrons. The fourth-order valence-corrected chi connectivity index (χ4v) is 11.9. The molecule has 2 aromatic heterocycles. The Labute approximate surface area is 388 Å². The van der Waals surface area contributed by atoms with E-state index in [1.54, 1.807) is 36.7 Å². The van der Waals surface area contributed by atoms with Gasteiger partial charge in [0.05, 0.1) is 34.8 Å². The summed E-state index contributed by atoms with van der Waals surface area (Å²) in [6.45, 7) is 12.7. The summed E-state index contributed by atoms with van der Waals surface area (Å²) in [5, 5.41) is 13.9. The average molecular weight is 941 g/mol. The van der Waals surface area contributed by atoms with Crippen molar-refractivity contribution < 1.29 is 27.6 Å². The molecule has 1 aliphatic carbocycles. The van der Waals surface area contributed by atoms with E-state index in [-0.39, 0.29) is 33.2 Å². The summed E-state index contributed by atoms with van der Waals surface area (Å²) in [5.74, 6) is 0.491. The molecular weight excluding hydrogens is 886 g/mol. The van der Waals surface area contributed by atoms with Crippen LogP contribution < -0.4 is 14.4 Å². The summed E-state index contributed by atoms with van der Waals surface area (Å²) >= 11 is 7.68. The number of rotatable bonds is 13. The highest BCUT2D eigenvalue weighted by molar-refractivity contribution is 7.99. The van der Waals surface area contributed by atoms with Crippen LogP contribution in [0.5, 0.6) is 11.5 Å². The van der Waals surface area contributed by atoms with Gasteiger partial charge in [-0.2, -0.15) is 0 Å². The first-order chi connectivity index (χ1) is 31.3. The Morgan fingerprint density at radius 3 is 2.58 bits per heavy atom. The van der Waals surface area contributed by atoms with Crippen LogP contribution >= 0.6 is 23.4 Å². The Kier molecular flexibility index (Phi) is 13.3. The van der Waals surface area contributed by atoms with Crippen molar-refractivity contribution in [3.8, 4) is 11.5 Å². The first-order valence-electron chi connectivity index (χ1n) is 22.3. The maximum atomic E-state index is 14.1. The van der Waals surface area contributed by atoms with Crippen LogP contribution in [-0.4, -0.2) is 110 Å². The fraction of sp³-hybridized carbons (Fsp3) is 0.417. The van der Waals surface area contributed by atoms with Gasteiger partial charge in [-0.25, -0.2) is 18.1 Å². The van der Waals surface area contributed by atoms with Crippen LogP contribution in [0.1, 0.15) is 61.0 Å². The summed E-state index contributed by atoms with van der Waals surface area (Å²) < 4.78 is 42.0. The normalized spacial score (nSPS) is 19.6. The number of aromatic nitrogens is 2. The predicted molar refractivity (Wildman–Crippen MR) is 255 cm³/mol. The minimum atomic E-state index is -4.56. The van der Waals surface area contributed by atoms with Crippen molar-refractivity contribution in [2.24, 2.45) is 11.3 Å². The lowest BCUT2D eigenvalue weighted by Gasteiger charge is -2.39. The summed E-state index contributed by atoms with van der Waals surface area (Å²) in [5.41, 5.74) is 6.09. The molecule has 1 amide bonds. The molecule has 0 bridgehead atoms. The topological polar surface area (TPSA) is 163 Å². The second-order valence-electron chi connectivity index (χ2n) is 18.3. The zero-order chi connectivity index (χ0) is 45.3. The number of nitrogens with one attached hydrogen (secondary N) is 2. The van der Waals surface area contributed by atoms with E-state index in [2.05, 4.69) is 55.4 Å². The van der Waals surface area contributed by atoms with Gasteiger partial charge in [0.1, 0.15) is 17.1 Å². The summed E-state index contributed by atoms with van der Waals surface area (Å²) in [4.78, 5) is 40.8. The maximum absolute atomic E-state index is 14.1. The number of halogens is 1. The Hall–Kier alpha value is -4.97. The average Bonchev–Trinajstić information content (AvgIpc) is 3.77. The number of pyridine rings is 1. The Morgan fingerprint density at radius 2 is 1.82 bits per heavy atom.